The molecule has 3 unspecified atom stereocenters. The molecule has 0 aliphatic rings. The van der Waals surface area contributed by atoms with Gasteiger partial charge in [-0.05, 0) is 19.3 Å². The van der Waals surface area contributed by atoms with Gasteiger partial charge >= 0.3 is 0 Å². The third kappa shape index (κ3) is 62.7. The van der Waals surface area contributed by atoms with Crippen LogP contribution < -0.4 is 10.2 Å². The number of aliphatic hydroxyl groups excluding tert-OH is 1. The average Bonchev–Trinajstić information content (AvgIpc) is 3.39. The molecule has 0 rings (SSSR count). The second-order valence-corrected chi connectivity index (χ2v) is 26.7. The van der Waals surface area contributed by atoms with Crippen molar-refractivity contribution in [1.82, 2.24) is 5.32 Å². The van der Waals surface area contributed by atoms with E-state index in [1.54, 1.807) is 6.08 Å². The maximum atomic E-state index is 13.0. The second-order valence-electron chi connectivity index (χ2n) is 25.3. The molecule has 0 aromatic carbocycles. The number of amides is 1. The van der Waals surface area contributed by atoms with Crippen molar-refractivity contribution in [3.63, 3.8) is 0 Å². The van der Waals surface area contributed by atoms with Crippen molar-refractivity contribution in [1.29, 1.82) is 0 Å². The molecule has 0 bridgehead atoms. The molecule has 0 fully saturated rings. The highest BCUT2D eigenvalue weighted by Gasteiger charge is 2.23. The summed E-state index contributed by atoms with van der Waals surface area (Å²) in [6, 6.07) is -0.883. The summed E-state index contributed by atoms with van der Waals surface area (Å²) in [6.45, 7) is 4.72. The SMILES string of the molecule is CCCCCCCCCCCCCCCCCCCCCC/C=C/C(O)C(COP(=O)([O-])OCC[N+](C)(C)C)NC(=O)CCCCCCCCCCCCCCCCCCCCCCCCCCCCCCCCCCC. The Kier molecular flexibility index (Phi) is 59.3. The van der Waals surface area contributed by atoms with Gasteiger partial charge in [-0.2, -0.15) is 0 Å². The number of rotatable bonds is 65. The van der Waals surface area contributed by atoms with E-state index in [0.29, 0.717) is 17.4 Å². The predicted octanol–water partition coefficient (Wildman–Crippen LogP) is 21.1. The van der Waals surface area contributed by atoms with E-state index in [-0.39, 0.29) is 19.1 Å². The minimum absolute atomic E-state index is 0.00294. The fourth-order valence-electron chi connectivity index (χ4n) is 10.9. The number of allylic oxidation sites excluding steroid dienone is 1. The van der Waals surface area contributed by atoms with Gasteiger partial charge in [0.1, 0.15) is 13.2 Å². The van der Waals surface area contributed by atoms with E-state index in [2.05, 4.69) is 19.2 Å². The Bertz CT molecular complexity index is 1260. The van der Waals surface area contributed by atoms with Crippen LogP contribution in [0.15, 0.2) is 12.2 Å². The van der Waals surface area contributed by atoms with Gasteiger partial charge in [-0.15, -0.1) is 0 Å². The molecule has 460 valence electrons. The second kappa shape index (κ2) is 59.8. The lowest BCUT2D eigenvalue weighted by Crippen LogP contribution is -2.45. The van der Waals surface area contributed by atoms with Crippen molar-refractivity contribution in [2.24, 2.45) is 0 Å². The minimum atomic E-state index is -4.60. The number of phosphoric acid groups is 1. The number of carbonyl (C=O) groups is 1. The van der Waals surface area contributed by atoms with E-state index < -0.39 is 20.0 Å². The van der Waals surface area contributed by atoms with Crippen molar-refractivity contribution in [2.45, 2.75) is 379 Å². The van der Waals surface area contributed by atoms with Gasteiger partial charge in [-0.25, -0.2) is 0 Å². The van der Waals surface area contributed by atoms with Crippen molar-refractivity contribution in [2.75, 3.05) is 40.9 Å². The third-order valence-corrected chi connectivity index (χ3v) is 17.2. The van der Waals surface area contributed by atoms with Crippen molar-refractivity contribution in [3.05, 3.63) is 12.2 Å². The zero-order valence-electron chi connectivity index (χ0n) is 52.7. The quantitative estimate of drug-likeness (QED) is 0.0272. The number of phosphoric ester groups is 1. The number of likely N-dealkylation sites (N-methyl/N-ethyl adjacent to an activating group) is 1. The van der Waals surface area contributed by atoms with Crippen LogP contribution in [-0.4, -0.2) is 68.5 Å². The average molecular weight is 1110 g/mol. The van der Waals surface area contributed by atoms with Crippen LogP contribution >= 0.6 is 7.82 Å². The number of quaternary nitrogens is 1. The van der Waals surface area contributed by atoms with E-state index in [4.69, 9.17) is 9.05 Å². The molecule has 0 aromatic heterocycles. The lowest BCUT2D eigenvalue weighted by atomic mass is 10.0. The van der Waals surface area contributed by atoms with Gasteiger partial charge in [0.25, 0.3) is 7.82 Å². The predicted molar refractivity (Wildman–Crippen MR) is 335 cm³/mol. The standard InChI is InChI=1S/C68H137N2O6P/c1-6-8-10-12-14-16-18-20-22-24-26-28-30-31-32-33-34-35-36-37-38-39-40-42-44-46-48-50-52-54-56-58-60-62-68(72)69-66(65-76-77(73,74)75-64-63-70(3,4)5)67(71)61-59-57-55-53-51-49-47-45-43-41-29-27-25-23-21-19-17-15-13-11-9-7-2/h59,61,66-67,71H,6-58,60,62-65H2,1-5H3,(H-,69,72,73,74)/b61-59+. The van der Waals surface area contributed by atoms with Crippen LogP contribution in [0.1, 0.15) is 367 Å². The van der Waals surface area contributed by atoms with Crippen LogP contribution in [0.25, 0.3) is 0 Å². The molecule has 0 aromatic rings. The summed E-state index contributed by atoms with van der Waals surface area (Å²) in [7, 11) is 1.28. The zero-order valence-corrected chi connectivity index (χ0v) is 53.6. The number of nitrogens with one attached hydrogen (secondary N) is 1. The van der Waals surface area contributed by atoms with Crippen molar-refractivity contribution >= 4 is 13.7 Å². The van der Waals surface area contributed by atoms with Gasteiger partial charge in [0.05, 0.1) is 39.9 Å². The van der Waals surface area contributed by atoms with Crippen LogP contribution in [0.3, 0.4) is 0 Å². The monoisotopic (exact) mass is 1110 g/mol. The molecule has 8 nitrogen and oxygen atoms in total. The van der Waals surface area contributed by atoms with Gasteiger partial charge in [0.15, 0.2) is 0 Å². The fourth-order valence-corrected chi connectivity index (χ4v) is 11.6. The highest BCUT2D eigenvalue weighted by atomic mass is 31.2. The van der Waals surface area contributed by atoms with Crippen LogP contribution in [0.2, 0.25) is 0 Å². The summed E-state index contributed by atoms with van der Waals surface area (Å²) in [5.74, 6) is -0.187. The normalized spacial score (nSPS) is 13.7. The van der Waals surface area contributed by atoms with Crippen LogP contribution in [-0.2, 0) is 18.4 Å². The van der Waals surface area contributed by atoms with Gasteiger partial charge in [-0.3, -0.25) is 9.36 Å². The smallest absolute Gasteiger partial charge is 0.268 e. The Balaban J connectivity index is 3.99. The Labute approximate surface area is 482 Å². The largest absolute Gasteiger partial charge is 0.756 e. The van der Waals surface area contributed by atoms with Gasteiger partial charge in [-0.1, -0.05) is 353 Å². The first-order valence-corrected chi connectivity index (χ1v) is 36.0. The summed E-state index contributed by atoms with van der Waals surface area (Å²) >= 11 is 0. The van der Waals surface area contributed by atoms with Crippen molar-refractivity contribution < 1.29 is 32.9 Å². The van der Waals surface area contributed by atoms with E-state index >= 15 is 0 Å². The summed E-state index contributed by atoms with van der Waals surface area (Å²) in [5, 5.41) is 14.0. The molecule has 9 heteroatoms. The number of nitrogens with zero attached hydrogens (tertiary/aromatic N) is 1. The zero-order chi connectivity index (χ0) is 56.3. The molecule has 0 saturated heterocycles. The van der Waals surface area contributed by atoms with E-state index in [1.807, 2.05) is 27.2 Å². The number of hydrogen-bond donors (Lipinski definition) is 2. The molecule has 0 saturated carbocycles. The number of aliphatic hydroxyl groups is 1. The molecule has 0 aliphatic heterocycles. The Morgan fingerprint density at radius 1 is 0.442 bits per heavy atom. The lowest BCUT2D eigenvalue weighted by Gasteiger charge is -2.29. The Hall–Kier alpha value is -0.760. The van der Waals surface area contributed by atoms with Crippen LogP contribution in [0.5, 0.6) is 0 Å². The molecule has 0 aliphatic carbocycles. The molecule has 2 N–H and O–H groups in total. The highest BCUT2D eigenvalue weighted by molar-refractivity contribution is 7.45. The molecular formula is C68H137N2O6P. The van der Waals surface area contributed by atoms with Gasteiger partial charge in [0.2, 0.25) is 5.91 Å². The molecular weight excluding hydrogens is 972 g/mol. The molecule has 3 atom stereocenters. The molecule has 0 radical (unpaired) electrons. The number of hydrogen-bond acceptors (Lipinski definition) is 6. The number of unbranched alkanes of at least 4 members (excludes halogenated alkanes) is 52. The minimum Gasteiger partial charge on any atom is -0.756 e. The molecule has 0 heterocycles. The van der Waals surface area contributed by atoms with E-state index in [1.165, 1.54) is 308 Å². The third-order valence-electron chi connectivity index (χ3n) is 16.2. The first-order chi connectivity index (χ1) is 37.5. The number of carbonyl (C=O) groups excluding carboxylic acids is 1. The van der Waals surface area contributed by atoms with Gasteiger partial charge < -0.3 is 28.8 Å². The Morgan fingerprint density at radius 2 is 0.701 bits per heavy atom. The summed E-state index contributed by atoms with van der Waals surface area (Å²) in [6.07, 6.45) is 76.2. The van der Waals surface area contributed by atoms with E-state index in [9.17, 15) is 19.4 Å². The van der Waals surface area contributed by atoms with Crippen LogP contribution in [0.4, 0.5) is 0 Å². The molecule has 77 heavy (non-hydrogen) atoms. The summed E-state index contributed by atoms with van der Waals surface area (Å²) in [4.78, 5) is 25.6. The topological polar surface area (TPSA) is 108 Å². The maximum absolute atomic E-state index is 13.0. The fraction of sp³-hybridized carbons (Fsp3) is 0.956. The van der Waals surface area contributed by atoms with Crippen LogP contribution in [0, 0.1) is 0 Å². The molecule has 1 amide bonds. The Morgan fingerprint density at radius 3 is 0.974 bits per heavy atom. The van der Waals surface area contributed by atoms with Gasteiger partial charge in [0, 0.05) is 6.42 Å². The lowest BCUT2D eigenvalue weighted by molar-refractivity contribution is -0.870. The summed E-state index contributed by atoms with van der Waals surface area (Å²) < 4.78 is 23.4. The first kappa shape index (κ1) is 76.2. The van der Waals surface area contributed by atoms with E-state index in [0.717, 1.165) is 38.5 Å². The highest BCUT2D eigenvalue weighted by Crippen LogP contribution is 2.38. The first-order valence-electron chi connectivity index (χ1n) is 34.6. The summed E-state index contributed by atoms with van der Waals surface area (Å²) in [5.41, 5.74) is 0. The molecule has 0 spiro atoms. The van der Waals surface area contributed by atoms with Crippen molar-refractivity contribution in [3.8, 4) is 0 Å². The maximum Gasteiger partial charge on any atom is 0.268 e.